The summed E-state index contributed by atoms with van der Waals surface area (Å²) in [5.74, 6) is -1.27. The van der Waals surface area contributed by atoms with Crippen molar-refractivity contribution < 1.29 is 27.6 Å². The first-order chi connectivity index (χ1) is 16.6. The number of aromatic nitrogens is 2. The Hall–Kier alpha value is -4.25. The summed E-state index contributed by atoms with van der Waals surface area (Å²) in [7, 11) is 0. The SMILES string of the molecule is O=C(Nc1ccc(Cl)cn1)c1ccc(N2C=CCN(C(=O)c3ccccc3C(F)(F)F)C2=O)nc1. The van der Waals surface area contributed by atoms with Crippen molar-refractivity contribution in [3.05, 3.63) is 94.9 Å². The Morgan fingerprint density at radius 3 is 2.43 bits per heavy atom. The second-order valence-electron chi connectivity index (χ2n) is 7.22. The molecule has 0 aliphatic carbocycles. The molecule has 0 atom stereocenters. The predicted molar refractivity (Wildman–Crippen MR) is 121 cm³/mol. The van der Waals surface area contributed by atoms with E-state index < -0.39 is 35.1 Å². The quantitative estimate of drug-likeness (QED) is 0.543. The maximum absolute atomic E-state index is 13.3. The molecule has 2 aromatic heterocycles. The Kier molecular flexibility index (Phi) is 6.52. The number of hydrogen-bond donors (Lipinski definition) is 1. The van der Waals surface area contributed by atoms with E-state index in [4.69, 9.17) is 11.6 Å². The van der Waals surface area contributed by atoms with Gasteiger partial charge >= 0.3 is 12.2 Å². The summed E-state index contributed by atoms with van der Waals surface area (Å²) in [4.78, 5) is 47.9. The molecule has 0 fully saturated rings. The minimum absolute atomic E-state index is 0.0639. The van der Waals surface area contributed by atoms with E-state index in [1.165, 1.54) is 48.9 Å². The zero-order chi connectivity index (χ0) is 25.2. The molecule has 3 heterocycles. The number of pyridine rings is 2. The Labute approximate surface area is 201 Å². The highest BCUT2D eigenvalue weighted by molar-refractivity contribution is 6.30. The number of carbonyl (C=O) groups is 3. The van der Waals surface area contributed by atoms with E-state index >= 15 is 0 Å². The molecule has 1 aromatic carbocycles. The van der Waals surface area contributed by atoms with E-state index in [1.807, 2.05) is 0 Å². The van der Waals surface area contributed by atoms with Gasteiger partial charge in [-0.05, 0) is 42.5 Å². The smallest absolute Gasteiger partial charge is 0.307 e. The van der Waals surface area contributed by atoms with Crippen LogP contribution in [-0.2, 0) is 6.18 Å². The van der Waals surface area contributed by atoms with E-state index in [2.05, 4.69) is 15.3 Å². The van der Waals surface area contributed by atoms with Crippen LogP contribution in [0.4, 0.5) is 29.6 Å². The fourth-order valence-electron chi connectivity index (χ4n) is 3.24. The number of halogens is 4. The maximum Gasteiger partial charge on any atom is 0.417 e. The van der Waals surface area contributed by atoms with Crippen molar-refractivity contribution in [2.24, 2.45) is 0 Å². The van der Waals surface area contributed by atoms with Gasteiger partial charge in [-0.15, -0.1) is 0 Å². The summed E-state index contributed by atoms with van der Waals surface area (Å²) >= 11 is 5.76. The van der Waals surface area contributed by atoms with Gasteiger partial charge in [-0.1, -0.05) is 23.7 Å². The highest BCUT2D eigenvalue weighted by atomic mass is 35.5. The molecule has 0 saturated carbocycles. The van der Waals surface area contributed by atoms with Gasteiger partial charge in [0.15, 0.2) is 0 Å². The third kappa shape index (κ3) is 5.14. The Morgan fingerprint density at radius 2 is 1.77 bits per heavy atom. The van der Waals surface area contributed by atoms with E-state index in [9.17, 15) is 27.6 Å². The molecule has 8 nitrogen and oxygen atoms in total. The van der Waals surface area contributed by atoms with E-state index in [-0.39, 0.29) is 23.7 Å². The number of anilines is 2. The first-order valence-electron chi connectivity index (χ1n) is 10.0. The molecule has 0 bridgehead atoms. The molecule has 0 spiro atoms. The lowest BCUT2D eigenvalue weighted by Gasteiger charge is -2.30. The van der Waals surface area contributed by atoms with E-state index in [0.717, 1.165) is 23.1 Å². The topological polar surface area (TPSA) is 95.5 Å². The minimum Gasteiger partial charge on any atom is -0.307 e. The van der Waals surface area contributed by atoms with Crippen LogP contribution in [0.25, 0.3) is 0 Å². The highest BCUT2D eigenvalue weighted by Gasteiger charge is 2.38. The molecule has 1 aliphatic rings. The van der Waals surface area contributed by atoms with Gasteiger partial charge in [0.05, 0.1) is 28.3 Å². The average Bonchev–Trinajstić information content (AvgIpc) is 2.85. The largest absolute Gasteiger partial charge is 0.417 e. The fraction of sp³-hybridized carbons (Fsp3) is 0.0870. The zero-order valence-corrected chi connectivity index (χ0v) is 18.4. The van der Waals surface area contributed by atoms with Crippen LogP contribution >= 0.6 is 11.6 Å². The maximum atomic E-state index is 13.3. The van der Waals surface area contributed by atoms with Gasteiger partial charge in [-0.25, -0.2) is 14.8 Å². The number of benzene rings is 1. The van der Waals surface area contributed by atoms with Crippen molar-refractivity contribution >= 4 is 41.1 Å². The van der Waals surface area contributed by atoms with Gasteiger partial charge in [0.25, 0.3) is 11.8 Å². The van der Waals surface area contributed by atoms with Crippen LogP contribution in [-0.4, -0.2) is 39.3 Å². The van der Waals surface area contributed by atoms with Gasteiger partial charge in [0.2, 0.25) is 0 Å². The normalized spacial score (nSPS) is 13.7. The van der Waals surface area contributed by atoms with Gasteiger partial charge in [-0.3, -0.25) is 19.4 Å². The van der Waals surface area contributed by atoms with Crippen molar-refractivity contribution in [1.82, 2.24) is 14.9 Å². The summed E-state index contributed by atoms with van der Waals surface area (Å²) in [6.45, 7) is -0.213. The first kappa shape index (κ1) is 23.9. The third-order valence-electron chi connectivity index (χ3n) is 4.91. The molecule has 0 unspecified atom stereocenters. The van der Waals surface area contributed by atoms with Crippen LogP contribution in [0.15, 0.2) is 73.2 Å². The minimum atomic E-state index is -4.76. The Bertz CT molecular complexity index is 1310. The van der Waals surface area contributed by atoms with Gasteiger partial charge in [-0.2, -0.15) is 13.2 Å². The number of amides is 4. The molecule has 0 radical (unpaired) electrons. The van der Waals surface area contributed by atoms with Crippen molar-refractivity contribution in [3.8, 4) is 0 Å². The summed E-state index contributed by atoms with van der Waals surface area (Å²) in [5.41, 5.74) is -1.62. The van der Waals surface area contributed by atoms with Crippen LogP contribution in [0.3, 0.4) is 0 Å². The molecule has 1 aliphatic heterocycles. The van der Waals surface area contributed by atoms with Crippen LogP contribution in [0.5, 0.6) is 0 Å². The molecule has 3 aromatic rings. The lowest BCUT2D eigenvalue weighted by atomic mass is 10.1. The first-order valence-corrected chi connectivity index (χ1v) is 10.4. The molecule has 4 rings (SSSR count). The highest BCUT2D eigenvalue weighted by Crippen LogP contribution is 2.33. The number of nitrogens with zero attached hydrogens (tertiary/aromatic N) is 4. The molecule has 4 amide bonds. The molecule has 12 heteroatoms. The molecular weight excluding hydrogens is 487 g/mol. The average molecular weight is 502 g/mol. The summed E-state index contributed by atoms with van der Waals surface area (Å²) in [6, 6.07) is 9.19. The lowest BCUT2D eigenvalue weighted by molar-refractivity contribution is -0.138. The summed E-state index contributed by atoms with van der Waals surface area (Å²) in [5, 5.41) is 2.97. The van der Waals surface area contributed by atoms with E-state index in [1.54, 1.807) is 6.07 Å². The van der Waals surface area contributed by atoms with Gasteiger partial charge in [0, 0.05) is 18.6 Å². The predicted octanol–water partition coefficient (Wildman–Crippen LogP) is 5.00. The summed E-state index contributed by atoms with van der Waals surface area (Å²) < 4.78 is 40.0. The number of rotatable bonds is 4. The second kappa shape index (κ2) is 9.55. The molecule has 35 heavy (non-hydrogen) atoms. The zero-order valence-electron chi connectivity index (χ0n) is 17.7. The van der Waals surface area contributed by atoms with E-state index in [0.29, 0.717) is 9.92 Å². The van der Waals surface area contributed by atoms with Crippen molar-refractivity contribution in [2.45, 2.75) is 6.18 Å². The van der Waals surface area contributed by atoms with Crippen LogP contribution in [0, 0.1) is 0 Å². The number of hydrogen-bond acceptors (Lipinski definition) is 5. The summed E-state index contributed by atoms with van der Waals surface area (Å²) in [6.07, 6.45) is 0.597. The fourth-order valence-corrected chi connectivity index (χ4v) is 3.35. The van der Waals surface area contributed by atoms with Gasteiger partial charge in [0.1, 0.15) is 11.6 Å². The third-order valence-corrected chi connectivity index (χ3v) is 5.14. The van der Waals surface area contributed by atoms with Gasteiger partial charge < -0.3 is 5.32 Å². The number of nitrogens with one attached hydrogen (secondary N) is 1. The Morgan fingerprint density at radius 1 is 1.00 bits per heavy atom. The monoisotopic (exact) mass is 501 g/mol. The standard InChI is InChI=1S/C23H15ClF3N5O3/c24-15-7-8-18(28-13-15)30-20(33)14-6-9-19(29-12-14)31-10-3-11-32(22(31)35)21(34)16-4-1-2-5-17(16)23(25,26)27/h1-10,12-13H,11H2,(H,28,30,33). The van der Waals surface area contributed by atoms with Crippen LogP contribution in [0.1, 0.15) is 26.3 Å². The second-order valence-corrected chi connectivity index (χ2v) is 7.65. The molecular formula is C23H15ClF3N5O3. The molecule has 0 saturated heterocycles. The number of alkyl halides is 3. The van der Waals surface area contributed by atoms with Crippen molar-refractivity contribution in [2.75, 3.05) is 16.8 Å². The lowest BCUT2D eigenvalue weighted by Crippen LogP contribution is -2.47. The molecule has 178 valence electrons. The number of imide groups is 1. The van der Waals surface area contributed by atoms with Crippen LogP contribution in [0.2, 0.25) is 5.02 Å². The molecule has 1 N–H and O–H groups in total. The number of urea groups is 1. The van der Waals surface area contributed by atoms with Crippen molar-refractivity contribution in [3.63, 3.8) is 0 Å². The van der Waals surface area contributed by atoms with Crippen LogP contribution < -0.4 is 10.2 Å². The van der Waals surface area contributed by atoms with Crippen molar-refractivity contribution in [1.29, 1.82) is 0 Å². The number of carbonyl (C=O) groups excluding carboxylic acids is 3. The Balaban J connectivity index is 1.51.